The van der Waals surface area contributed by atoms with Crippen LogP contribution in [0.3, 0.4) is 0 Å². The third-order valence-electron chi connectivity index (χ3n) is 2.46. The number of carbonyl (C=O) groups is 2. The lowest BCUT2D eigenvalue weighted by atomic mass is 10.1. The SMILES string of the molecule is COC(=O)c1ncn(-c2cc(C(=O)O)c(N)cc2F)n1. The van der Waals surface area contributed by atoms with E-state index in [2.05, 4.69) is 14.8 Å². The quantitative estimate of drug-likeness (QED) is 0.619. The summed E-state index contributed by atoms with van der Waals surface area (Å²) in [6.45, 7) is 0. The fraction of sp³-hybridized carbons (Fsp3) is 0.0909. The molecule has 0 aliphatic heterocycles. The Bertz CT molecular complexity index is 698. The number of halogens is 1. The minimum atomic E-state index is -1.31. The molecule has 0 radical (unpaired) electrons. The highest BCUT2D eigenvalue weighted by molar-refractivity contribution is 5.94. The Morgan fingerprint density at radius 2 is 2.15 bits per heavy atom. The number of hydrogen-bond acceptors (Lipinski definition) is 6. The van der Waals surface area contributed by atoms with Gasteiger partial charge in [-0.15, -0.1) is 5.10 Å². The van der Waals surface area contributed by atoms with Gasteiger partial charge in [0.05, 0.1) is 12.7 Å². The van der Waals surface area contributed by atoms with Gasteiger partial charge in [-0.1, -0.05) is 0 Å². The van der Waals surface area contributed by atoms with Crippen molar-refractivity contribution < 1.29 is 23.8 Å². The summed E-state index contributed by atoms with van der Waals surface area (Å²) in [4.78, 5) is 25.8. The fourth-order valence-corrected chi connectivity index (χ4v) is 1.50. The Morgan fingerprint density at radius 3 is 2.75 bits per heavy atom. The van der Waals surface area contributed by atoms with E-state index in [0.717, 1.165) is 30.3 Å². The van der Waals surface area contributed by atoms with Crippen LogP contribution in [0.2, 0.25) is 0 Å². The van der Waals surface area contributed by atoms with Crippen molar-refractivity contribution >= 4 is 17.6 Å². The Labute approximate surface area is 111 Å². The second-order valence-corrected chi connectivity index (χ2v) is 3.70. The van der Waals surface area contributed by atoms with Crippen LogP contribution in [0.1, 0.15) is 21.0 Å². The molecule has 2 rings (SSSR count). The van der Waals surface area contributed by atoms with Crippen molar-refractivity contribution in [3.8, 4) is 5.69 Å². The highest BCUT2D eigenvalue weighted by Gasteiger charge is 2.17. The van der Waals surface area contributed by atoms with Gasteiger partial charge in [-0.05, 0) is 12.1 Å². The number of methoxy groups -OCH3 is 1. The van der Waals surface area contributed by atoms with Gasteiger partial charge in [0.15, 0.2) is 5.82 Å². The lowest BCUT2D eigenvalue weighted by Gasteiger charge is -2.06. The second-order valence-electron chi connectivity index (χ2n) is 3.70. The molecule has 0 saturated carbocycles. The van der Waals surface area contributed by atoms with E-state index in [1.165, 1.54) is 0 Å². The monoisotopic (exact) mass is 280 g/mol. The second kappa shape index (κ2) is 4.96. The Balaban J connectivity index is 2.52. The molecule has 1 aromatic carbocycles. The number of carbonyl (C=O) groups excluding carboxylic acids is 1. The van der Waals surface area contributed by atoms with Crippen molar-refractivity contribution in [2.24, 2.45) is 0 Å². The number of esters is 1. The number of anilines is 1. The number of hydrogen-bond donors (Lipinski definition) is 2. The third kappa shape index (κ3) is 2.28. The number of aromatic nitrogens is 3. The first-order valence-electron chi connectivity index (χ1n) is 5.26. The Hall–Kier alpha value is -2.97. The molecule has 3 N–H and O–H groups in total. The Kier molecular flexibility index (Phi) is 3.34. The number of benzene rings is 1. The fourth-order valence-electron chi connectivity index (χ4n) is 1.50. The predicted octanol–water partition coefficient (Wildman–Crippen LogP) is 0.473. The van der Waals surface area contributed by atoms with Gasteiger partial charge < -0.3 is 15.6 Å². The smallest absolute Gasteiger partial charge is 0.377 e. The van der Waals surface area contributed by atoms with Gasteiger partial charge in [0.1, 0.15) is 12.0 Å². The van der Waals surface area contributed by atoms with Crippen LogP contribution in [0.4, 0.5) is 10.1 Å². The molecule has 1 heterocycles. The number of carboxylic acids is 1. The molecule has 0 bridgehead atoms. The molecule has 0 aliphatic rings. The van der Waals surface area contributed by atoms with Crippen LogP contribution in [0.25, 0.3) is 5.69 Å². The molecule has 0 fully saturated rings. The summed E-state index contributed by atoms with van der Waals surface area (Å²) in [5.74, 6) is -3.18. The molecule has 0 unspecified atom stereocenters. The third-order valence-corrected chi connectivity index (χ3v) is 2.46. The summed E-state index contributed by atoms with van der Waals surface area (Å²) in [5, 5.41) is 12.6. The number of ether oxygens (including phenoxy) is 1. The van der Waals surface area contributed by atoms with Gasteiger partial charge in [-0.3, -0.25) is 0 Å². The number of aromatic carboxylic acids is 1. The van der Waals surface area contributed by atoms with E-state index in [-0.39, 0.29) is 22.8 Å². The van der Waals surface area contributed by atoms with E-state index in [1.54, 1.807) is 0 Å². The van der Waals surface area contributed by atoms with Crippen LogP contribution >= 0.6 is 0 Å². The van der Waals surface area contributed by atoms with E-state index in [9.17, 15) is 14.0 Å². The molecular formula is C11H9FN4O4. The highest BCUT2D eigenvalue weighted by atomic mass is 19.1. The summed E-state index contributed by atoms with van der Waals surface area (Å²) < 4.78 is 19.1. The summed E-state index contributed by atoms with van der Waals surface area (Å²) in [6.07, 6.45) is 1.06. The summed E-state index contributed by atoms with van der Waals surface area (Å²) >= 11 is 0. The van der Waals surface area contributed by atoms with Gasteiger partial charge in [0, 0.05) is 5.69 Å². The number of carboxylic acid groups (broad SMARTS) is 1. The van der Waals surface area contributed by atoms with Gasteiger partial charge in [0.2, 0.25) is 0 Å². The maximum absolute atomic E-state index is 13.8. The molecule has 20 heavy (non-hydrogen) atoms. The van der Waals surface area contributed by atoms with E-state index in [0.29, 0.717) is 0 Å². The summed E-state index contributed by atoms with van der Waals surface area (Å²) in [6, 6.07) is 1.86. The van der Waals surface area contributed by atoms with Crippen molar-refractivity contribution in [3.05, 3.63) is 35.7 Å². The molecule has 1 aromatic heterocycles. The van der Waals surface area contributed by atoms with Gasteiger partial charge in [0.25, 0.3) is 5.82 Å². The van der Waals surface area contributed by atoms with Gasteiger partial charge >= 0.3 is 11.9 Å². The first kappa shape index (κ1) is 13.5. The molecular weight excluding hydrogens is 271 g/mol. The van der Waals surface area contributed by atoms with E-state index in [4.69, 9.17) is 10.8 Å². The van der Waals surface area contributed by atoms with Crippen molar-refractivity contribution in [2.75, 3.05) is 12.8 Å². The molecule has 104 valence electrons. The topological polar surface area (TPSA) is 120 Å². The number of nitrogen functional groups attached to an aromatic ring is 1. The van der Waals surface area contributed by atoms with E-state index in [1.807, 2.05) is 0 Å². The molecule has 8 nitrogen and oxygen atoms in total. The van der Waals surface area contributed by atoms with Crippen LogP contribution in [0.15, 0.2) is 18.5 Å². The lowest BCUT2D eigenvalue weighted by molar-refractivity contribution is 0.0586. The zero-order valence-corrected chi connectivity index (χ0v) is 10.2. The number of nitrogens with two attached hydrogens (primary N) is 1. The van der Waals surface area contributed by atoms with Crippen LogP contribution in [0, 0.1) is 5.82 Å². The van der Waals surface area contributed by atoms with Crippen molar-refractivity contribution in [1.29, 1.82) is 0 Å². The maximum atomic E-state index is 13.8. The average Bonchev–Trinajstić information content (AvgIpc) is 2.86. The minimum Gasteiger partial charge on any atom is -0.478 e. The first-order valence-corrected chi connectivity index (χ1v) is 5.26. The standard InChI is InChI=1S/C11H9FN4O4/c1-20-11(19)9-14-4-16(15-9)8-2-5(10(17)18)7(13)3-6(8)12/h2-4H,13H2,1H3,(H,17,18). The van der Waals surface area contributed by atoms with Crippen LogP contribution < -0.4 is 5.73 Å². The zero-order chi connectivity index (χ0) is 14.9. The molecule has 0 spiro atoms. The van der Waals surface area contributed by atoms with Gasteiger partial charge in [-0.2, -0.15) is 0 Å². The summed E-state index contributed by atoms with van der Waals surface area (Å²) in [5.41, 5.74) is 4.71. The normalized spacial score (nSPS) is 10.3. The van der Waals surface area contributed by atoms with Crippen LogP contribution in [-0.2, 0) is 4.74 Å². The molecule has 0 atom stereocenters. The average molecular weight is 280 g/mol. The van der Waals surface area contributed by atoms with Crippen LogP contribution in [-0.4, -0.2) is 38.9 Å². The highest BCUT2D eigenvalue weighted by Crippen LogP contribution is 2.20. The molecule has 2 aromatic rings. The van der Waals surface area contributed by atoms with E-state index < -0.39 is 17.8 Å². The van der Waals surface area contributed by atoms with E-state index >= 15 is 0 Å². The van der Waals surface area contributed by atoms with Crippen LogP contribution in [0.5, 0.6) is 0 Å². The summed E-state index contributed by atoms with van der Waals surface area (Å²) in [7, 11) is 1.15. The molecule has 0 amide bonds. The van der Waals surface area contributed by atoms with Crippen molar-refractivity contribution in [2.45, 2.75) is 0 Å². The first-order chi connectivity index (χ1) is 9.43. The van der Waals surface area contributed by atoms with Crippen molar-refractivity contribution in [3.63, 3.8) is 0 Å². The Morgan fingerprint density at radius 1 is 1.45 bits per heavy atom. The lowest BCUT2D eigenvalue weighted by Crippen LogP contribution is -2.09. The molecule has 0 aliphatic carbocycles. The van der Waals surface area contributed by atoms with Crippen molar-refractivity contribution in [1.82, 2.24) is 14.8 Å². The maximum Gasteiger partial charge on any atom is 0.377 e. The molecule has 9 heteroatoms. The van der Waals surface area contributed by atoms with Gasteiger partial charge in [-0.25, -0.2) is 23.6 Å². The minimum absolute atomic E-state index is 0.195. The number of nitrogens with zero attached hydrogens (tertiary/aromatic N) is 3. The number of rotatable bonds is 3. The molecule has 0 saturated heterocycles. The predicted molar refractivity (Wildman–Crippen MR) is 64.0 cm³/mol. The zero-order valence-electron chi connectivity index (χ0n) is 10.2. The largest absolute Gasteiger partial charge is 0.478 e.